The van der Waals surface area contributed by atoms with Crippen LogP contribution in [-0.2, 0) is 14.3 Å². The summed E-state index contributed by atoms with van der Waals surface area (Å²) < 4.78 is 4.59. The lowest BCUT2D eigenvalue weighted by Crippen LogP contribution is -1.98. The summed E-state index contributed by atoms with van der Waals surface area (Å²) in [5.41, 5.74) is 0.176. The fourth-order valence-electron chi connectivity index (χ4n) is 0.285. The molecule has 0 unspecified atom stereocenters. The van der Waals surface area contributed by atoms with E-state index < -0.39 is 5.97 Å². The molecule has 0 aromatic heterocycles. The second-order valence-corrected chi connectivity index (χ2v) is 2.49. The van der Waals surface area contributed by atoms with Crippen LogP contribution >= 0.6 is 0 Å². The number of carboxylic acids is 1. The number of hydrogen-bond acceptors (Lipinski definition) is 3. The molecule has 0 saturated heterocycles. The molecule has 0 aliphatic rings. The molecule has 0 radical (unpaired) electrons. The quantitative estimate of drug-likeness (QED) is 0.466. The van der Waals surface area contributed by atoms with E-state index in [4.69, 9.17) is 5.11 Å². The number of carbonyl (C=O) groups is 2. The van der Waals surface area contributed by atoms with Crippen molar-refractivity contribution in [3.8, 4) is 0 Å². The van der Waals surface area contributed by atoms with Gasteiger partial charge in [0.1, 0.15) is 6.61 Å². The summed E-state index contributed by atoms with van der Waals surface area (Å²) in [5, 5.41) is 7.89. The van der Waals surface area contributed by atoms with E-state index in [9.17, 15) is 9.59 Å². The van der Waals surface area contributed by atoms with Crippen LogP contribution in [-0.4, -0.2) is 23.7 Å². The number of carboxylic acid groups (broad SMARTS) is 1. The third kappa shape index (κ3) is 24.9. The maximum absolute atomic E-state index is 10.3. The topological polar surface area (TPSA) is 63.6 Å². The third-order valence-electron chi connectivity index (χ3n) is 1.09. The maximum atomic E-state index is 10.3. The molecule has 0 rings (SSSR count). The van der Waals surface area contributed by atoms with Gasteiger partial charge in [0.2, 0.25) is 0 Å². The predicted molar refractivity (Wildman–Crippen MR) is 69.7 cm³/mol. The normalized spacial score (nSPS) is 7.88. The molecule has 4 heteroatoms. The number of allylic oxidation sites excluding steroid dienone is 1. The van der Waals surface area contributed by atoms with Crippen LogP contribution in [0.25, 0.3) is 0 Å². The molecule has 0 fully saturated rings. The molecule has 0 spiro atoms. The number of ether oxygens (including phenoxy) is 1. The molecule has 4 nitrogen and oxygen atoms in total. The van der Waals surface area contributed by atoms with Crippen LogP contribution in [0.1, 0.15) is 13.8 Å². The molecule has 0 aliphatic carbocycles. The van der Waals surface area contributed by atoms with Gasteiger partial charge in [-0.1, -0.05) is 25.3 Å². The van der Waals surface area contributed by atoms with Crippen LogP contribution in [0, 0.1) is 0 Å². The van der Waals surface area contributed by atoms with Crippen molar-refractivity contribution in [2.75, 3.05) is 6.61 Å². The number of rotatable bonds is 4. The standard InChI is InChI=1S/C7H10O2.C4H6O2.C2H4/c1-3-5-6-9-7(8)4-2;1-3(2)4(5)6;1-2/h3-5H,2,6H2,1H3;1H2,2H3,(H,5,6);1-2H2. The molecule has 0 bridgehead atoms. The minimum atomic E-state index is -0.935. The summed E-state index contributed by atoms with van der Waals surface area (Å²) in [6.07, 6.45) is 4.71. The molecule has 0 aromatic carbocycles. The van der Waals surface area contributed by atoms with Crippen LogP contribution in [0.15, 0.2) is 50.1 Å². The van der Waals surface area contributed by atoms with Crippen molar-refractivity contribution in [2.24, 2.45) is 0 Å². The van der Waals surface area contributed by atoms with Crippen molar-refractivity contribution in [3.63, 3.8) is 0 Å². The van der Waals surface area contributed by atoms with Crippen LogP contribution in [0.3, 0.4) is 0 Å². The minimum absolute atomic E-state index is 0.176. The Labute approximate surface area is 103 Å². The molecular formula is C13H20O4. The molecule has 1 N–H and O–H groups in total. The molecule has 0 amide bonds. The SMILES string of the molecule is C=C.C=C(C)C(=O)O.C=CC(=O)OCC=CC. The first-order valence-electron chi connectivity index (χ1n) is 4.74. The van der Waals surface area contributed by atoms with Gasteiger partial charge in [-0.05, 0) is 13.8 Å². The molecule has 0 aromatic rings. The van der Waals surface area contributed by atoms with Gasteiger partial charge < -0.3 is 9.84 Å². The molecular weight excluding hydrogens is 220 g/mol. The average molecular weight is 240 g/mol. The summed E-state index contributed by atoms with van der Waals surface area (Å²) in [6, 6.07) is 0. The van der Waals surface area contributed by atoms with Crippen LogP contribution < -0.4 is 0 Å². The van der Waals surface area contributed by atoms with Gasteiger partial charge >= 0.3 is 11.9 Å². The number of aliphatic carboxylic acids is 1. The van der Waals surface area contributed by atoms with E-state index in [1.807, 2.05) is 13.0 Å². The Bertz CT molecular complexity index is 265. The first-order valence-corrected chi connectivity index (χ1v) is 4.74. The largest absolute Gasteiger partial charge is 0.478 e. The van der Waals surface area contributed by atoms with E-state index in [1.54, 1.807) is 6.08 Å². The average Bonchev–Trinajstić information content (AvgIpc) is 2.32. The van der Waals surface area contributed by atoms with Crippen LogP contribution in [0.2, 0.25) is 0 Å². The summed E-state index contributed by atoms with van der Waals surface area (Å²) in [7, 11) is 0. The van der Waals surface area contributed by atoms with E-state index in [-0.39, 0.29) is 11.5 Å². The summed E-state index contributed by atoms with van der Waals surface area (Å²) in [6.45, 7) is 16.0. The van der Waals surface area contributed by atoms with Gasteiger partial charge in [0.05, 0.1) is 0 Å². The van der Waals surface area contributed by atoms with Gasteiger partial charge in [0.15, 0.2) is 0 Å². The van der Waals surface area contributed by atoms with Gasteiger partial charge in [-0.2, -0.15) is 0 Å². The first kappa shape index (κ1) is 20.3. The van der Waals surface area contributed by atoms with Crippen LogP contribution in [0.4, 0.5) is 0 Å². The highest BCUT2D eigenvalue weighted by Crippen LogP contribution is 1.81. The number of carbonyl (C=O) groups excluding carboxylic acids is 1. The molecule has 0 atom stereocenters. The second-order valence-electron chi connectivity index (χ2n) is 2.49. The smallest absolute Gasteiger partial charge is 0.330 e. The van der Waals surface area contributed by atoms with E-state index in [2.05, 4.69) is 31.1 Å². The van der Waals surface area contributed by atoms with Gasteiger partial charge in [-0.15, -0.1) is 13.2 Å². The van der Waals surface area contributed by atoms with Crippen molar-refractivity contribution >= 4 is 11.9 Å². The van der Waals surface area contributed by atoms with Crippen molar-refractivity contribution < 1.29 is 19.4 Å². The van der Waals surface area contributed by atoms with E-state index in [0.717, 1.165) is 6.08 Å². The lowest BCUT2D eigenvalue weighted by atomic mass is 10.4. The van der Waals surface area contributed by atoms with Crippen molar-refractivity contribution in [1.82, 2.24) is 0 Å². The lowest BCUT2D eigenvalue weighted by molar-refractivity contribution is -0.136. The Balaban J connectivity index is -0.000000213. The Hall–Kier alpha value is -2.10. The second kappa shape index (κ2) is 16.3. The Morgan fingerprint density at radius 2 is 1.76 bits per heavy atom. The van der Waals surface area contributed by atoms with Gasteiger partial charge in [0.25, 0.3) is 0 Å². The zero-order chi connectivity index (χ0) is 14.3. The summed E-state index contributed by atoms with van der Waals surface area (Å²) >= 11 is 0. The highest BCUT2D eigenvalue weighted by molar-refractivity contribution is 5.84. The Kier molecular flexibility index (Phi) is 19.5. The van der Waals surface area contributed by atoms with E-state index in [1.165, 1.54) is 6.92 Å². The number of esters is 1. The fraction of sp³-hybridized carbons (Fsp3) is 0.231. The fourth-order valence-corrected chi connectivity index (χ4v) is 0.285. The minimum Gasteiger partial charge on any atom is -0.478 e. The summed E-state index contributed by atoms with van der Waals surface area (Å²) in [5.74, 6) is -1.32. The third-order valence-corrected chi connectivity index (χ3v) is 1.09. The first-order chi connectivity index (χ1) is 7.95. The van der Waals surface area contributed by atoms with Crippen molar-refractivity contribution in [2.45, 2.75) is 13.8 Å². The summed E-state index contributed by atoms with van der Waals surface area (Å²) in [4.78, 5) is 19.9. The highest BCUT2D eigenvalue weighted by atomic mass is 16.5. The highest BCUT2D eigenvalue weighted by Gasteiger charge is 1.90. The van der Waals surface area contributed by atoms with Gasteiger partial charge in [0, 0.05) is 11.6 Å². The Morgan fingerprint density at radius 1 is 1.35 bits per heavy atom. The zero-order valence-electron chi connectivity index (χ0n) is 10.4. The maximum Gasteiger partial charge on any atom is 0.330 e. The zero-order valence-corrected chi connectivity index (χ0v) is 10.4. The molecule has 0 heterocycles. The molecule has 0 saturated carbocycles. The Morgan fingerprint density at radius 3 is 2.00 bits per heavy atom. The van der Waals surface area contributed by atoms with Crippen molar-refractivity contribution in [3.05, 3.63) is 50.1 Å². The van der Waals surface area contributed by atoms with E-state index in [0.29, 0.717) is 6.61 Å². The van der Waals surface area contributed by atoms with Crippen molar-refractivity contribution in [1.29, 1.82) is 0 Å². The van der Waals surface area contributed by atoms with E-state index >= 15 is 0 Å². The van der Waals surface area contributed by atoms with Gasteiger partial charge in [-0.3, -0.25) is 0 Å². The predicted octanol–water partition coefficient (Wildman–Crippen LogP) is 2.74. The monoisotopic (exact) mass is 240 g/mol. The van der Waals surface area contributed by atoms with Gasteiger partial charge in [-0.25, -0.2) is 9.59 Å². The molecule has 17 heavy (non-hydrogen) atoms. The number of hydrogen-bond donors (Lipinski definition) is 1. The lowest BCUT2D eigenvalue weighted by Gasteiger charge is -1.93. The van der Waals surface area contributed by atoms with Crippen LogP contribution in [0.5, 0.6) is 0 Å². The molecule has 0 aliphatic heterocycles. The molecule has 96 valence electrons.